The fourth-order valence-corrected chi connectivity index (χ4v) is 2.61. The zero-order valence-corrected chi connectivity index (χ0v) is 15.1. The molecule has 24 heavy (non-hydrogen) atoms. The molecule has 0 aromatic heterocycles. The molecule has 6 nitrogen and oxygen atoms in total. The maximum Gasteiger partial charge on any atom is 0.306 e. The van der Waals surface area contributed by atoms with Gasteiger partial charge in [0.1, 0.15) is 0 Å². The highest BCUT2D eigenvalue weighted by Crippen LogP contribution is 2.18. The standard InChI is InChI=1S/C18H32O6/c1-23-16(19)12-10-8-6-4-3-5-7-9-11-15(18(21)22)13-14-17(20)24-2/h15H,3-14H2,1-2H3,(H,21,22). The fraction of sp³-hybridized carbons (Fsp3) is 0.833. The van der Waals surface area contributed by atoms with E-state index < -0.39 is 11.9 Å². The van der Waals surface area contributed by atoms with Crippen LogP contribution in [0.5, 0.6) is 0 Å². The molecular weight excluding hydrogens is 312 g/mol. The average Bonchev–Trinajstić information content (AvgIpc) is 2.57. The molecular formula is C18H32O6. The second kappa shape index (κ2) is 15.0. The van der Waals surface area contributed by atoms with Crippen LogP contribution in [0.3, 0.4) is 0 Å². The Morgan fingerprint density at radius 1 is 0.708 bits per heavy atom. The molecule has 0 aromatic carbocycles. The monoisotopic (exact) mass is 344 g/mol. The molecule has 0 spiro atoms. The van der Waals surface area contributed by atoms with Gasteiger partial charge in [-0.15, -0.1) is 0 Å². The zero-order valence-electron chi connectivity index (χ0n) is 15.1. The number of hydrogen-bond donors (Lipinski definition) is 1. The lowest BCUT2D eigenvalue weighted by Crippen LogP contribution is -2.15. The fourth-order valence-electron chi connectivity index (χ4n) is 2.61. The van der Waals surface area contributed by atoms with Crippen LogP contribution in [0, 0.1) is 5.92 Å². The summed E-state index contributed by atoms with van der Waals surface area (Å²) >= 11 is 0. The first-order valence-corrected chi connectivity index (χ1v) is 8.87. The molecule has 0 saturated heterocycles. The molecule has 0 aliphatic carbocycles. The summed E-state index contributed by atoms with van der Waals surface area (Å²) in [6.07, 6.45) is 9.95. The summed E-state index contributed by atoms with van der Waals surface area (Å²) in [5.41, 5.74) is 0. The van der Waals surface area contributed by atoms with Crippen LogP contribution >= 0.6 is 0 Å². The molecule has 0 aliphatic rings. The number of hydrogen-bond acceptors (Lipinski definition) is 5. The van der Waals surface area contributed by atoms with Gasteiger partial charge >= 0.3 is 17.9 Å². The van der Waals surface area contributed by atoms with Crippen LogP contribution in [0.4, 0.5) is 0 Å². The van der Waals surface area contributed by atoms with Crippen molar-refractivity contribution in [3.05, 3.63) is 0 Å². The minimum Gasteiger partial charge on any atom is -0.481 e. The first-order chi connectivity index (χ1) is 11.5. The third-order valence-electron chi connectivity index (χ3n) is 4.18. The van der Waals surface area contributed by atoms with E-state index >= 15 is 0 Å². The Morgan fingerprint density at radius 3 is 1.67 bits per heavy atom. The van der Waals surface area contributed by atoms with Crippen molar-refractivity contribution in [2.45, 2.75) is 77.0 Å². The number of rotatable bonds is 15. The second-order valence-electron chi connectivity index (χ2n) is 6.09. The van der Waals surface area contributed by atoms with Gasteiger partial charge in [0.2, 0.25) is 0 Å². The van der Waals surface area contributed by atoms with Crippen molar-refractivity contribution in [3.63, 3.8) is 0 Å². The zero-order chi connectivity index (χ0) is 18.2. The molecule has 0 bridgehead atoms. The molecule has 0 aromatic rings. The van der Waals surface area contributed by atoms with Gasteiger partial charge in [-0.3, -0.25) is 14.4 Å². The summed E-state index contributed by atoms with van der Waals surface area (Å²) in [6, 6.07) is 0. The number of unbranched alkanes of at least 4 members (excludes halogenated alkanes) is 7. The maximum absolute atomic E-state index is 11.2. The van der Waals surface area contributed by atoms with Gasteiger partial charge in [0.15, 0.2) is 0 Å². The van der Waals surface area contributed by atoms with Crippen LogP contribution < -0.4 is 0 Å². The van der Waals surface area contributed by atoms with Crippen LogP contribution in [0.1, 0.15) is 77.0 Å². The number of aliphatic carboxylic acids is 1. The largest absolute Gasteiger partial charge is 0.481 e. The predicted octanol–water partition coefficient (Wildman–Crippen LogP) is 3.71. The summed E-state index contributed by atoms with van der Waals surface area (Å²) in [5.74, 6) is -1.78. The number of carbonyl (C=O) groups excluding carboxylic acids is 2. The van der Waals surface area contributed by atoms with Crippen LogP contribution in [0.25, 0.3) is 0 Å². The van der Waals surface area contributed by atoms with Crippen molar-refractivity contribution in [2.75, 3.05) is 14.2 Å². The van der Waals surface area contributed by atoms with Gasteiger partial charge in [-0.05, 0) is 19.3 Å². The van der Waals surface area contributed by atoms with Crippen molar-refractivity contribution >= 4 is 17.9 Å². The highest BCUT2D eigenvalue weighted by molar-refractivity contribution is 5.73. The Labute approximate surface area is 144 Å². The molecule has 1 N–H and O–H groups in total. The highest BCUT2D eigenvalue weighted by Gasteiger charge is 2.18. The molecule has 1 unspecified atom stereocenters. The number of methoxy groups -OCH3 is 2. The number of carboxylic acid groups (broad SMARTS) is 1. The van der Waals surface area contributed by atoms with Gasteiger partial charge in [0, 0.05) is 12.8 Å². The van der Waals surface area contributed by atoms with Crippen molar-refractivity contribution < 1.29 is 29.0 Å². The number of ether oxygens (including phenoxy) is 2. The highest BCUT2D eigenvalue weighted by atomic mass is 16.5. The number of esters is 2. The Bertz CT molecular complexity index is 367. The first-order valence-electron chi connectivity index (χ1n) is 8.87. The van der Waals surface area contributed by atoms with E-state index in [-0.39, 0.29) is 18.4 Å². The van der Waals surface area contributed by atoms with Gasteiger partial charge in [0.05, 0.1) is 20.1 Å². The van der Waals surface area contributed by atoms with Gasteiger partial charge in [0.25, 0.3) is 0 Å². The SMILES string of the molecule is COC(=O)CCCCCCCCCCC(CCC(=O)OC)C(=O)O. The van der Waals surface area contributed by atoms with Crippen molar-refractivity contribution in [1.82, 2.24) is 0 Å². The summed E-state index contributed by atoms with van der Waals surface area (Å²) in [4.78, 5) is 33.2. The number of carboxylic acids is 1. The van der Waals surface area contributed by atoms with Gasteiger partial charge in [-0.25, -0.2) is 0 Å². The van der Waals surface area contributed by atoms with E-state index in [0.29, 0.717) is 19.3 Å². The predicted molar refractivity (Wildman–Crippen MR) is 90.6 cm³/mol. The quantitative estimate of drug-likeness (QED) is 0.360. The van der Waals surface area contributed by atoms with E-state index in [1.165, 1.54) is 14.2 Å². The van der Waals surface area contributed by atoms with Crippen LogP contribution in [-0.4, -0.2) is 37.2 Å². The third-order valence-corrected chi connectivity index (χ3v) is 4.18. The normalized spacial score (nSPS) is 11.8. The Balaban J connectivity index is 3.53. The van der Waals surface area contributed by atoms with E-state index in [9.17, 15) is 14.4 Å². The molecule has 1 atom stereocenters. The van der Waals surface area contributed by atoms with E-state index in [1.807, 2.05) is 0 Å². The molecule has 0 rings (SSSR count). The van der Waals surface area contributed by atoms with Crippen molar-refractivity contribution in [2.24, 2.45) is 5.92 Å². The van der Waals surface area contributed by atoms with E-state index in [2.05, 4.69) is 9.47 Å². The molecule has 0 fully saturated rings. The molecule has 0 aliphatic heterocycles. The minimum atomic E-state index is -0.829. The van der Waals surface area contributed by atoms with Gasteiger partial charge in [-0.2, -0.15) is 0 Å². The molecule has 0 radical (unpaired) electrons. The lowest BCUT2D eigenvalue weighted by Gasteiger charge is -2.11. The van der Waals surface area contributed by atoms with Crippen LogP contribution in [0.2, 0.25) is 0 Å². The lowest BCUT2D eigenvalue weighted by atomic mass is 9.95. The number of carbonyl (C=O) groups is 3. The average molecular weight is 344 g/mol. The van der Waals surface area contributed by atoms with E-state index in [0.717, 1.165) is 51.4 Å². The first kappa shape index (κ1) is 22.4. The molecule has 0 amide bonds. The molecule has 6 heteroatoms. The Kier molecular flexibility index (Phi) is 14.0. The summed E-state index contributed by atoms with van der Waals surface area (Å²) in [6.45, 7) is 0. The Morgan fingerprint density at radius 2 is 1.17 bits per heavy atom. The topological polar surface area (TPSA) is 89.9 Å². The summed E-state index contributed by atoms with van der Waals surface area (Å²) < 4.78 is 9.13. The summed E-state index contributed by atoms with van der Waals surface area (Å²) in [5, 5.41) is 9.15. The third kappa shape index (κ3) is 12.9. The Hall–Kier alpha value is -1.59. The lowest BCUT2D eigenvalue weighted by molar-refractivity contribution is -0.144. The molecule has 0 heterocycles. The van der Waals surface area contributed by atoms with Crippen LogP contribution in [-0.2, 0) is 23.9 Å². The summed E-state index contributed by atoms with van der Waals surface area (Å²) in [7, 11) is 2.72. The molecule has 140 valence electrons. The van der Waals surface area contributed by atoms with Gasteiger partial charge in [-0.1, -0.05) is 44.9 Å². The smallest absolute Gasteiger partial charge is 0.306 e. The molecule has 0 saturated carbocycles. The maximum atomic E-state index is 11.2. The second-order valence-corrected chi connectivity index (χ2v) is 6.09. The van der Waals surface area contributed by atoms with E-state index in [4.69, 9.17) is 5.11 Å². The van der Waals surface area contributed by atoms with Gasteiger partial charge < -0.3 is 14.6 Å². The van der Waals surface area contributed by atoms with Crippen molar-refractivity contribution in [1.29, 1.82) is 0 Å². The van der Waals surface area contributed by atoms with Crippen molar-refractivity contribution in [3.8, 4) is 0 Å². The van der Waals surface area contributed by atoms with E-state index in [1.54, 1.807) is 0 Å². The van der Waals surface area contributed by atoms with Crippen LogP contribution in [0.15, 0.2) is 0 Å². The minimum absolute atomic E-state index is 0.143.